The molecule has 3 aromatic rings. The average molecular weight is 600 g/mol. The third-order valence-electron chi connectivity index (χ3n) is 7.75. The molecule has 1 aromatic heterocycles. The van der Waals surface area contributed by atoms with E-state index in [9.17, 15) is 8.42 Å². The maximum absolute atomic E-state index is 11.9. The van der Waals surface area contributed by atoms with Crippen molar-refractivity contribution in [2.45, 2.75) is 24.6 Å². The minimum Gasteiger partial charge on any atom is -0.494 e. The van der Waals surface area contributed by atoms with E-state index < -0.39 is 9.84 Å². The Morgan fingerprint density at radius 1 is 1.00 bits per heavy atom. The van der Waals surface area contributed by atoms with E-state index in [0.717, 1.165) is 63.5 Å². The highest BCUT2D eigenvalue weighted by Crippen LogP contribution is 2.34. The van der Waals surface area contributed by atoms with Crippen LogP contribution in [-0.2, 0) is 15.6 Å². The number of rotatable bonds is 9. The number of benzene rings is 2. The summed E-state index contributed by atoms with van der Waals surface area (Å²) in [7, 11) is 0.631. The van der Waals surface area contributed by atoms with Gasteiger partial charge in [0, 0.05) is 69.0 Å². The first kappa shape index (κ1) is 29.4. The molecule has 3 heterocycles. The smallest absolute Gasteiger partial charge is 0.229 e. The normalized spacial score (nSPS) is 17.4. The van der Waals surface area contributed by atoms with Gasteiger partial charge in [-0.15, -0.1) is 0 Å². The van der Waals surface area contributed by atoms with Gasteiger partial charge in [-0.1, -0.05) is 29.8 Å². The molecule has 0 amide bonds. The molecule has 41 heavy (non-hydrogen) atoms. The highest BCUT2D eigenvalue weighted by atomic mass is 35.5. The van der Waals surface area contributed by atoms with Crippen molar-refractivity contribution in [3.63, 3.8) is 0 Å². The summed E-state index contributed by atoms with van der Waals surface area (Å²) < 4.78 is 29.5. The lowest BCUT2D eigenvalue weighted by atomic mass is 10.0. The highest BCUT2D eigenvalue weighted by molar-refractivity contribution is 7.89. The van der Waals surface area contributed by atoms with Crippen molar-refractivity contribution in [3.8, 4) is 5.75 Å². The third kappa shape index (κ3) is 7.59. The number of aromatic nitrogens is 2. The number of ether oxygens (including phenoxy) is 1. The zero-order valence-electron chi connectivity index (χ0n) is 23.8. The van der Waals surface area contributed by atoms with Crippen molar-refractivity contribution in [3.05, 3.63) is 59.2 Å². The lowest BCUT2D eigenvalue weighted by Crippen LogP contribution is -2.52. The van der Waals surface area contributed by atoms with E-state index in [1.807, 2.05) is 12.1 Å². The number of methoxy groups -OCH3 is 1. The van der Waals surface area contributed by atoms with Crippen LogP contribution in [0.4, 0.5) is 28.8 Å². The van der Waals surface area contributed by atoms with Gasteiger partial charge in [-0.25, -0.2) is 13.4 Å². The molecule has 0 atom stereocenters. The molecule has 0 bridgehead atoms. The topological polar surface area (TPSA) is 103 Å². The quantitative estimate of drug-likeness (QED) is 0.368. The van der Waals surface area contributed by atoms with Crippen molar-refractivity contribution >= 4 is 50.3 Å². The molecule has 220 valence electrons. The van der Waals surface area contributed by atoms with E-state index in [-0.39, 0.29) is 5.75 Å². The largest absolute Gasteiger partial charge is 0.494 e. The fraction of sp³-hybridized carbons (Fsp3) is 0.448. The number of nitrogens with zero attached hydrogens (tertiary/aromatic N) is 5. The number of sulfone groups is 1. The number of piperazine rings is 1. The van der Waals surface area contributed by atoms with Gasteiger partial charge < -0.3 is 25.2 Å². The molecule has 12 heteroatoms. The maximum atomic E-state index is 11.9. The standard InChI is InChI=1S/C29H38ClN7O3S/c1-35-14-16-37(17-15-35)22-10-12-36(13-11-22)23-8-9-26(27(18-23)40-2)33-29-31-19-24(30)28(34-29)32-25-7-5-4-6-21(25)20-41(3,38)39/h4-9,18-19,22H,10-17,20H2,1-3H3,(H2,31,32,33,34). The number of anilines is 5. The molecule has 2 aliphatic rings. The number of piperidine rings is 1. The summed E-state index contributed by atoms with van der Waals surface area (Å²) in [5, 5.41) is 6.72. The van der Waals surface area contributed by atoms with Crippen LogP contribution in [0, 0.1) is 0 Å². The minimum atomic E-state index is -3.22. The number of likely N-dealkylation sites (N-methyl/N-ethyl adjacent to an activating group) is 1. The monoisotopic (exact) mass is 599 g/mol. The summed E-state index contributed by atoms with van der Waals surface area (Å²) in [6.45, 7) is 6.65. The Morgan fingerprint density at radius 2 is 1.73 bits per heavy atom. The summed E-state index contributed by atoms with van der Waals surface area (Å²) in [6.07, 6.45) is 5.03. The van der Waals surface area contributed by atoms with Gasteiger partial charge >= 0.3 is 0 Å². The van der Waals surface area contributed by atoms with Gasteiger partial charge in [0.05, 0.1) is 24.7 Å². The van der Waals surface area contributed by atoms with Gasteiger partial charge in [0.2, 0.25) is 5.95 Å². The maximum Gasteiger partial charge on any atom is 0.229 e. The lowest BCUT2D eigenvalue weighted by Gasteiger charge is -2.42. The van der Waals surface area contributed by atoms with Crippen LogP contribution in [0.15, 0.2) is 48.7 Å². The fourth-order valence-electron chi connectivity index (χ4n) is 5.47. The number of halogens is 1. The van der Waals surface area contributed by atoms with Gasteiger partial charge in [-0.2, -0.15) is 4.98 Å². The van der Waals surface area contributed by atoms with Gasteiger partial charge in [-0.05, 0) is 43.7 Å². The van der Waals surface area contributed by atoms with E-state index in [1.165, 1.54) is 12.5 Å². The Bertz CT molecular complexity index is 1460. The molecular formula is C29H38ClN7O3S. The second-order valence-corrected chi connectivity index (χ2v) is 13.4. The molecule has 5 rings (SSSR count). The van der Waals surface area contributed by atoms with Crippen molar-refractivity contribution in [1.29, 1.82) is 0 Å². The van der Waals surface area contributed by atoms with Crippen LogP contribution in [0.3, 0.4) is 0 Å². The number of hydrogen-bond donors (Lipinski definition) is 2. The molecule has 10 nitrogen and oxygen atoms in total. The molecule has 0 spiro atoms. The second kappa shape index (κ2) is 12.8. The molecule has 2 aliphatic heterocycles. The fourth-order valence-corrected chi connectivity index (χ4v) is 6.42. The Kier molecular flexibility index (Phi) is 9.18. The Morgan fingerprint density at radius 3 is 2.44 bits per heavy atom. The SMILES string of the molecule is COc1cc(N2CCC(N3CCN(C)CC3)CC2)ccc1Nc1ncc(Cl)c(Nc2ccccc2CS(C)(=O)=O)n1. The number of para-hydroxylation sites is 1. The predicted molar refractivity (Wildman–Crippen MR) is 166 cm³/mol. The van der Waals surface area contributed by atoms with Crippen LogP contribution in [0.1, 0.15) is 18.4 Å². The summed E-state index contributed by atoms with van der Waals surface area (Å²) in [4.78, 5) is 16.4. The first-order valence-electron chi connectivity index (χ1n) is 13.9. The zero-order chi connectivity index (χ0) is 29.0. The molecule has 2 aromatic carbocycles. The molecule has 2 saturated heterocycles. The molecule has 0 radical (unpaired) electrons. The molecule has 2 fully saturated rings. The first-order chi connectivity index (χ1) is 19.7. The lowest BCUT2D eigenvalue weighted by molar-refractivity contribution is 0.0982. The third-order valence-corrected chi connectivity index (χ3v) is 8.86. The van der Waals surface area contributed by atoms with Crippen LogP contribution in [0.2, 0.25) is 5.02 Å². The van der Waals surface area contributed by atoms with Crippen molar-refractivity contribution in [1.82, 2.24) is 19.8 Å². The zero-order valence-corrected chi connectivity index (χ0v) is 25.4. The van der Waals surface area contributed by atoms with Crippen molar-refractivity contribution < 1.29 is 13.2 Å². The van der Waals surface area contributed by atoms with E-state index >= 15 is 0 Å². The van der Waals surface area contributed by atoms with E-state index in [1.54, 1.807) is 25.3 Å². The molecule has 0 aliphatic carbocycles. The van der Waals surface area contributed by atoms with E-state index in [4.69, 9.17) is 16.3 Å². The average Bonchev–Trinajstić information content (AvgIpc) is 2.96. The van der Waals surface area contributed by atoms with Crippen LogP contribution < -0.4 is 20.3 Å². The molecular weight excluding hydrogens is 562 g/mol. The first-order valence-corrected chi connectivity index (χ1v) is 16.3. The number of hydrogen-bond acceptors (Lipinski definition) is 10. The summed E-state index contributed by atoms with van der Waals surface area (Å²) >= 11 is 6.40. The molecule has 0 unspecified atom stereocenters. The van der Waals surface area contributed by atoms with Gasteiger partial charge in [0.1, 0.15) is 10.8 Å². The van der Waals surface area contributed by atoms with E-state index in [2.05, 4.69) is 54.5 Å². The van der Waals surface area contributed by atoms with Gasteiger partial charge in [0.25, 0.3) is 0 Å². The van der Waals surface area contributed by atoms with Gasteiger partial charge in [0.15, 0.2) is 15.7 Å². The number of nitrogens with one attached hydrogen (secondary N) is 2. The predicted octanol–water partition coefficient (Wildman–Crippen LogP) is 4.39. The Hall–Kier alpha value is -3.12. The highest BCUT2D eigenvalue weighted by Gasteiger charge is 2.27. The Labute approximate surface area is 247 Å². The second-order valence-electron chi connectivity index (χ2n) is 10.8. The van der Waals surface area contributed by atoms with Crippen LogP contribution in [0.5, 0.6) is 5.75 Å². The molecule has 2 N–H and O–H groups in total. The van der Waals surface area contributed by atoms with Crippen LogP contribution >= 0.6 is 11.6 Å². The summed E-state index contributed by atoms with van der Waals surface area (Å²) in [6, 6.07) is 14.0. The van der Waals surface area contributed by atoms with Crippen molar-refractivity contribution in [2.75, 3.05) is 75.2 Å². The van der Waals surface area contributed by atoms with Crippen LogP contribution in [-0.4, -0.2) is 93.9 Å². The molecule has 0 saturated carbocycles. The van der Waals surface area contributed by atoms with Gasteiger partial charge in [-0.3, -0.25) is 4.90 Å². The van der Waals surface area contributed by atoms with Crippen molar-refractivity contribution in [2.24, 2.45) is 0 Å². The van der Waals surface area contributed by atoms with Crippen LogP contribution in [0.25, 0.3) is 0 Å². The minimum absolute atomic E-state index is 0.0962. The summed E-state index contributed by atoms with van der Waals surface area (Å²) in [5.74, 6) is 1.29. The summed E-state index contributed by atoms with van der Waals surface area (Å²) in [5.41, 5.74) is 3.10. The Balaban J connectivity index is 1.26. The van der Waals surface area contributed by atoms with E-state index in [0.29, 0.717) is 39.8 Å².